The minimum atomic E-state index is -0.326. The summed E-state index contributed by atoms with van der Waals surface area (Å²) in [4.78, 5) is 17.3. The third-order valence-electron chi connectivity index (χ3n) is 1.55. The Kier molecular flexibility index (Phi) is 4.62. The van der Waals surface area contributed by atoms with Crippen LogP contribution in [0.3, 0.4) is 0 Å². The van der Waals surface area contributed by atoms with Gasteiger partial charge in [-0.25, -0.2) is 5.84 Å². The molecule has 5 heteroatoms. The Morgan fingerprint density at radius 1 is 1.33 bits per heavy atom. The molecule has 0 fully saturated rings. The maximum Gasteiger partial charge on any atom is 0.266 e. The number of hydrogen-bond donors (Lipinski definition) is 3. The highest BCUT2D eigenvalue weighted by molar-refractivity contribution is 5.93. The quantitative estimate of drug-likeness (QED) is 0.363. The average Bonchev–Trinajstić information content (AvgIpc) is 2.88. The van der Waals surface area contributed by atoms with Crippen LogP contribution in [0.5, 0.6) is 0 Å². The van der Waals surface area contributed by atoms with Crippen molar-refractivity contribution in [2.45, 2.75) is 0 Å². The third kappa shape index (κ3) is 4.06. The molecule has 0 unspecified atom stereocenters. The molecule has 15 heavy (non-hydrogen) atoms. The summed E-state index contributed by atoms with van der Waals surface area (Å²) in [6.07, 6.45) is 6.79. The second kappa shape index (κ2) is 6.33. The summed E-state index contributed by atoms with van der Waals surface area (Å²) in [6, 6.07) is 7.19. The molecule has 2 rings (SSSR count). The molecule has 0 saturated carbocycles. The number of pyridine rings is 1. The van der Waals surface area contributed by atoms with Crippen molar-refractivity contribution < 1.29 is 4.79 Å². The zero-order chi connectivity index (χ0) is 10.9. The van der Waals surface area contributed by atoms with E-state index in [2.05, 4.69) is 9.97 Å². The molecule has 0 saturated heterocycles. The van der Waals surface area contributed by atoms with Gasteiger partial charge in [0.1, 0.15) is 0 Å². The lowest BCUT2D eigenvalue weighted by Crippen LogP contribution is -2.29. The van der Waals surface area contributed by atoms with Crippen molar-refractivity contribution >= 4 is 5.91 Å². The fraction of sp³-hybridized carbons (Fsp3) is 0. The van der Waals surface area contributed by atoms with Crippen molar-refractivity contribution in [2.24, 2.45) is 5.84 Å². The number of nitrogen functional groups attached to an aromatic ring is 1. The van der Waals surface area contributed by atoms with Gasteiger partial charge >= 0.3 is 0 Å². The lowest BCUT2D eigenvalue weighted by molar-refractivity contribution is 0.0953. The maximum absolute atomic E-state index is 10.7. The summed E-state index contributed by atoms with van der Waals surface area (Å²) in [5.41, 5.74) is 2.47. The highest BCUT2D eigenvalue weighted by Crippen LogP contribution is 1.92. The number of carbonyl (C=O) groups excluding carboxylic acids is 1. The molecular weight excluding hydrogens is 192 g/mol. The number of H-pyrrole nitrogens is 1. The fourth-order valence-electron chi connectivity index (χ4n) is 0.858. The molecule has 0 radical (unpaired) electrons. The molecule has 0 aliphatic carbocycles. The lowest BCUT2D eigenvalue weighted by Gasteiger charge is -1.95. The van der Waals surface area contributed by atoms with Gasteiger partial charge in [-0.15, -0.1) is 0 Å². The second-order valence-corrected chi connectivity index (χ2v) is 2.60. The molecule has 2 aromatic heterocycles. The van der Waals surface area contributed by atoms with E-state index in [1.54, 1.807) is 18.3 Å². The number of carbonyl (C=O) groups is 1. The van der Waals surface area contributed by atoms with Gasteiger partial charge in [0.25, 0.3) is 5.91 Å². The van der Waals surface area contributed by atoms with Gasteiger partial charge in [0.15, 0.2) is 0 Å². The number of nitrogens with one attached hydrogen (secondary N) is 2. The van der Waals surface area contributed by atoms with E-state index in [0.29, 0.717) is 5.56 Å². The Hall–Kier alpha value is -2.14. The summed E-state index contributed by atoms with van der Waals surface area (Å²) < 4.78 is 0. The third-order valence-corrected chi connectivity index (χ3v) is 1.55. The number of hydrazine groups is 1. The zero-order valence-electron chi connectivity index (χ0n) is 8.05. The van der Waals surface area contributed by atoms with E-state index in [-0.39, 0.29) is 5.91 Å². The van der Waals surface area contributed by atoms with Crippen LogP contribution >= 0.6 is 0 Å². The molecule has 78 valence electrons. The average molecular weight is 204 g/mol. The topological polar surface area (TPSA) is 83.8 Å². The molecule has 0 aliphatic rings. The fourth-order valence-corrected chi connectivity index (χ4v) is 0.858. The highest BCUT2D eigenvalue weighted by atomic mass is 16.2. The van der Waals surface area contributed by atoms with E-state index in [1.807, 2.05) is 30.0 Å². The van der Waals surface area contributed by atoms with E-state index in [9.17, 15) is 4.79 Å². The second-order valence-electron chi connectivity index (χ2n) is 2.60. The Morgan fingerprint density at radius 2 is 2.07 bits per heavy atom. The van der Waals surface area contributed by atoms with E-state index in [1.165, 1.54) is 6.20 Å². The Labute approximate surface area is 87.3 Å². The first-order valence-electron chi connectivity index (χ1n) is 4.33. The van der Waals surface area contributed by atoms with Crippen LogP contribution in [0.2, 0.25) is 0 Å². The van der Waals surface area contributed by atoms with E-state index in [0.717, 1.165) is 0 Å². The van der Waals surface area contributed by atoms with Crippen molar-refractivity contribution in [1.29, 1.82) is 0 Å². The summed E-state index contributed by atoms with van der Waals surface area (Å²) in [5.74, 6) is 4.55. The van der Waals surface area contributed by atoms with E-state index in [4.69, 9.17) is 5.84 Å². The predicted octanol–water partition coefficient (Wildman–Crippen LogP) is 0.700. The molecule has 5 nitrogen and oxygen atoms in total. The smallest absolute Gasteiger partial charge is 0.266 e. The molecule has 0 atom stereocenters. The molecule has 0 aliphatic heterocycles. The number of nitrogens with zero attached hydrogens (tertiary/aromatic N) is 1. The number of rotatable bonds is 1. The molecule has 2 aromatic rings. The molecule has 2 heterocycles. The van der Waals surface area contributed by atoms with E-state index < -0.39 is 0 Å². The molecule has 0 spiro atoms. The normalized spacial score (nSPS) is 8.60. The summed E-state index contributed by atoms with van der Waals surface area (Å²) in [7, 11) is 0. The van der Waals surface area contributed by atoms with Crippen LogP contribution in [0, 0.1) is 0 Å². The van der Waals surface area contributed by atoms with Gasteiger partial charge in [0.05, 0.1) is 5.56 Å². The van der Waals surface area contributed by atoms with Gasteiger partial charge in [-0.2, -0.15) is 0 Å². The first-order valence-corrected chi connectivity index (χ1v) is 4.33. The number of aromatic amines is 1. The van der Waals surface area contributed by atoms with Gasteiger partial charge in [0, 0.05) is 24.8 Å². The minimum Gasteiger partial charge on any atom is -0.368 e. The SMILES string of the molecule is NNC(=O)c1cccnc1.c1cc[nH]c1. The first kappa shape index (κ1) is 10.9. The van der Waals surface area contributed by atoms with E-state index >= 15 is 0 Å². The zero-order valence-corrected chi connectivity index (χ0v) is 8.05. The van der Waals surface area contributed by atoms with Crippen LogP contribution in [0.25, 0.3) is 0 Å². The first-order chi connectivity index (χ1) is 7.34. The standard InChI is InChI=1S/C6H7N3O.C4H5N/c7-9-6(10)5-2-1-3-8-4-5;1-2-4-5-3-1/h1-4H,7H2,(H,9,10);1-5H. The van der Waals surface area contributed by atoms with Crippen molar-refractivity contribution in [1.82, 2.24) is 15.4 Å². The Balaban J connectivity index is 0.000000187. The Bertz CT molecular complexity index is 354. The summed E-state index contributed by atoms with van der Waals surface area (Å²) in [6.45, 7) is 0. The van der Waals surface area contributed by atoms with Gasteiger partial charge in [-0.05, 0) is 24.3 Å². The number of amides is 1. The maximum atomic E-state index is 10.7. The van der Waals surface area contributed by atoms with Crippen LogP contribution in [0.15, 0.2) is 49.1 Å². The molecular formula is C10H12N4O. The van der Waals surface area contributed by atoms with Gasteiger partial charge in [0.2, 0.25) is 0 Å². The minimum absolute atomic E-state index is 0.326. The molecule has 0 aromatic carbocycles. The van der Waals surface area contributed by atoms with Crippen LogP contribution in [0.4, 0.5) is 0 Å². The highest BCUT2D eigenvalue weighted by Gasteiger charge is 1.99. The number of nitrogens with two attached hydrogens (primary N) is 1. The van der Waals surface area contributed by atoms with Gasteiger partial charge in [-0.3, -0.25) is 15.2 Å². The Morgan fingerprint density at radius 3 is 2.47 bits per heavy atom. The van der Waals surface area contributed by atoms with Crippen molar-refractivity contribution in [3.63, 3.8) is 0 Å². The van der Waals surface area contributed by atoms with Crippen LogP contribution in [0.1, 0.15) is 10.4 Å². The lowest BCUT2D eigenvalue weighted by atomic mass is 10.3. The van der Waals surface area contributed by atoms with Crippen molar-refractivity contribution in [3.05, 3.63) is 54.6 Å². The molecule has 1 amide bonds. The number of hydrogen-bond acceptors (Lipinski definition) is 3. The molecule has 4 N–H and O–H groups in total. The van der Waals surface area contributed by atoms with Gasteiger partial charge < -0.3 is 4.98 Å². The summed E-state index contributed by atoms with van der Waals surface area (Å²) >= 11 is 0. The monoisotopic (exact) mass is 204 g/mol. The number of aromatic nitrogens is 2. The van der Waals surface area contributed by atoms with Crippen molar-refractivity contribution in [2.75, 3.05) is 0 Å². The largest absolute Gasteiger partial charge is 0.368 e. The van der Waals surface area contributed by atoms with Crippen LogP contribution in [-0.2, 0) is 0 Å². The van der Waals surface area contributed by atoms with Crippen molar-refractivity contribution in [3.8, 4) is 0 Å². The van der Waals surface area contributed by atoms with Crippen LogP contribution < -0.4 is 11.3 Å². The summed E-state index contributed by atoms with van der Waals surface area (Å²) in [5, 5.41) is 0. The van der Waals surface area contributed by atoms with Gasteiger partial charge in [-0.1, -0.05) is 0 Å². The van der Waals surface area contributed by atoms with Crippen LogP contribution in [-0.4, -0.2) is 15.9 Å². The predicted molar refractivity (Wildman–Crippen MR) is 56.7 cm³/mol. The molecule has 0 bridgehead atoms.